The van der Waals surface area contributed by atoms with Crippen molar-refractivity contribution in [1.82, 2.24) is 4.57 Å². The average molecular weight is 246 g/mol. The summed E-state index contributed by atoms with van der Waals surface area (Å²) in [5.41, 5.74) is 8.46. The summed E-state index contributed by atoms with van der Waals surface area (Å²) in [4.78, 5) is 11.2. The average Bonchev–Trinajstić information content (AvgIpc) is 2.55. The van der Waals surface area contributed by atoms with E-state index in [1.54, 1.807) is 0 Å². The van der Waals surface area contributed by atoms with Crippen molar-refractivity contribution in [2.45, 2.75) is 20.3 Å². The fraction of sp³-hybridized carbons (Fsp3) is 0.357. The third-order valence-corrected chi connectivity index (χ3v) is 3.26. The van der Waals surface area contributed by atoms with Gasteiger partial charge in [-0.05, 0) is 37.6 Å². The first-order valence-corrected chi connectivity index (χ1v) is 6.03. The van der Waals surface area contributed by atoms with Crippen molar-refractivity contribution in [3.63, 3.8) is 0 Å². The molecule has 0 spiro atoms. The number of aromatic nitrogens is 1. The Morgan fingerprint density at radius 1 is 1.44 bits per heavy atom. The smallest absolute Gasteiger partial charge is 0.221 e. The Bertz CT molecular complexity index is 599. The summed E-state index contributed by atoms with van der Waals surface area (Å²) in [5, 5.41) is 1.04. The molecule has 0 bridgehead atoms. The zero-order valence-corrected chi connectivity index (χ0v) is 11.0. The van der Waals surface area contributed by atoms with Crippen LogP contribution in [0, 0.1) is 6.92 Å². The zero-order valence-electron chi connectivity index (χ0n) is 11.0. The van der Waals surface area contributed by atoms with Gasteiger partial charge in [-0.3, -0.25) is 4.79 Å². The van der Waals surface area contributed by atoms with E-state index in [2.05, 4.69) is 4.57 Å². The van der Waals surface area contributed by atoms with Gasteiger partial charge in [0.05, 0.1) is 13.0 Å². The van der Waals surface area contributed by atoms with E-state index in [4.69, 9.17) is 10.5 Å². The van der Waals surface area contributed by atoms with Crippen LogP contribution in [0.2, 0.25) is 0 Å². The number of nitrogens with two attached hydrogens (primary N) is 1. The van der Waals surface area contributed by atoms with Gasteiger partial charge in [-0.1, -0.05) is 0 Å². The summed E-state index contributed by atoms with van der Waals surface area (Å²) in [5.74, 6) is 0.508. The van der Waals surface area contributed by atoms with E-state index in [1.165, 1.54) is 0 Å². The quantitative estimate of drug-likeness (QED) is 0.896. The Hall–Kier alpha value is -1.97. The molecule has 0 atom stereocenters. The molecule has 0 aliphatic heterocycles. The minimum atomic E-state index is -0.313. The second-order valence-electron chi connectivity index (χ2n) is 4.38. The number of fused-ring (bicyclic) bond motifs is 1. The molecular weight excluding hydrogens is 228 g/mol. The molecule has 0 fully saturated rings. The van der Waals surface area contributed by atoms with E-state index >= 15 is 0 Å². The molecule has 1 amide bonds. The molecule has 1 heterocycles. The van der Waals surface area contributed by atoms with Gasteiger partial charge < -0.3 is 15.0 Å². The van der Waals surface area contributed by atoms with Crippen LogP contribution in [0.3, 0.4) is 0 Å². The van der Waals surface area contributed by atoms with E-state index in [0.29, 0.717) is 6.61 Å². The number of aryl methyl sites for hydroxylation is 1. The molecule has 0 saturated heterocycles. The van der Waals surface area contributed by atoms with Gasteiger partial charge in [0.15, 0.2) is 0 Å². The van der Waals surface area contributed by atoms with E-state index in [9.17, 15) is 4.79 Å². The molecule has 2 aromatic rings. The molecule has 2 N–H and O–H groups in total. The number of hydrogen-bond donors (Lipinski definition) is 1. The van der Waals surface area contributed by atoms with Crippen LogP contribution in [0.4, 0.5) is 0 Å². The van der Waals surface area contributed by atoms with Crippen LogP contribution < -0.4 is 10.5 Å². The Morgan fingerprint density at radius 2 is 2.17 bits per heavy atom. The van der Waals surface area contributed by atoms with Crippen molar-refractivity contribution in [2.75, 3.05) is 6.61 Å². The summed E-state index contributed by atoms with van der Waals surface area (Å²) in [6, 6.07) is 5.93. The molecular formula is C14H18N2O2. The van der Waals surface area contributed by atoms with Gasteiger partial charge in [0.25, 0.3) is 0 Å². The van der Waals surface area contributed by atoms with Gasteiger partial charge in [0, 0.05) is 23.6 Å². The first-order chi connectivity index (χ1) is 8.54. The monoisotopic (exact) mass is 246 g/mol. The number of carbonyl (C=O) groups is 1. The fourth-order valence-corrected chi connectivity index (χ4v) is 2.28. The first kappa shape index (κ1) is 12.5. The highest BCUT2D eigenvalue weighted by Crippen LogP contribution is 2.28. The van der Waals surface area contributed by atoms with Crippen molar-refractivity contribution >= 4 is 16.8 Å². The lowest BCUT2D eigenvalue weighted by Gasteiger charge is -2.03. The van der Waals surface area contributed by atoms with Crippen molar-refractivity contribution in [3.8, 4) is 5.75 Å². The molecule has 1 aromatic carbocycles. The minimum absolute atomic E-state index is 0.263. The van der Waals surface area contributed by atoms with Gasteiger partial charge in [0.2, 0.25) is 5.91 Å². The topological polar surface area (TPSA) is 57.2 Å². The van der Waals surface area contributed by atoms with Crippen LogP contribution in [0.15, 0.2) is 18.2 Å². The van der Waals surface area contributed by atoms with Gasteiger partial charge in [-0.15, -0.1) is 0 Å². The number of rotatable bonds is 4. The number of hydrogen-bond acceptors (Lipinski definition) is 2. The second kappa shape index (κ2) is 4.72. The number of benzene rings is 1. The van der Waals surface area contributed by atoms with Crippen LogP contribution in [0.25, 0.3) is 10.9 Å². The third-order valence-electron chi connectivity index (χ3n) is 3.26. The number of carbonyl (C=O) groups excluding carboxylic acids is 1. The maximum absolute atomic E-state index is 11.2. The van der Waals surface area contributed by atoms with Crippen LogP contribution in [-0.2, 0) is 18.3 Å². The van der Waals surface area contributed by atoms with E-state index in [-0.39, 0.29) is 12.3 Å². The van der Waals surface area contributed by atoms with E-state index in [0.717, 1.165) is 27.9 Å². The lowest BCUT2D eigenvalue weighted by Crippen LogP contribution is -2.14. The largest absolute Gasteiger partial charge is 0.494 e. The molecule has 0 aliphatic rings. The summed E-state index contributed by atoms with van der Waals surface area (Å²) >= 11 is 0. The van der Waals surface area contributed by atoms with Crippen molar-refractivity contribution < 1.29 is 9.53 Å². The lowest BCUT2D eigenvalue weighted by molar-refractivity contribution is -0.117. The highest BCUT2D eigenvalue weighted by atomic mass is 16.5. The maximum atomic E-state index is 11.2. The Kier molecular flexibility index (Phi) is 3.28. The van der Waals surface area contributed by atoms with Crippen molar-refractivity contribution in [3.05, 3.63) is 29.5 Å². The van der Waals surface area contributed by atoms with Gasteiger partial charge in [-0.25, -0.2) is 0 Å². The Morgan fingerprint density at radius 3 is 2.78 bits per heavy atom. The SMILES string of the molecule is CCOc1ccc2c(c1)c(CC(N)=O)c(C)n2C. The highest BCUT2D eigenvalue weighted by Gasteiger charge is 2.14. The molecule has 4 nitrogen and oxygen atoms in total. The number of amides is 1. The van der Waals surface area contributed by atoms with Crippen molar-refractivity contribution in [2.24, 2.45) is 12.8 Å². The molecule has 18 heavy (non-hydrogen) atoms. The summed E-state index contributed by atoms with van der Waals surface area (Å²) in [6.45, 7) is 4.58. The van der Waals surface area contributed by atoms with E-state index < -0.39 is 0 Å². The summed E-state index contributed by atoms with van der Waals surface area (Å²) in [7, 11) is 1.99. The fourth-order valence-electron chi connectivity index (χ4n) is 2.28. The minimum Gasteiger partial charge on any atom is -0.494 e. The molecule has 0 aliphatic carbocycles. The summed E-state index contributed by atoms with van der Waals surface area (Å²) in [6.07, 6.45) is 0.263. The van der Waals surface area contributed by atoms with Crippen LogP contribution in [0.1, 0.15) is 18.2 Å². The number of nitrogens with zero attached hydrogens (tertiary/aromatic N) is 1. The van der Waals surface area contributed by atoms with E-state index in [1.807, 2.05) is 39.1 Å². The predicted octanol–water partition coefficient (Wildman–Crippen LogP) is 1.91. The molecule has 1 aromatic heterocycles. The van der Waals surface area contributed by atoms with Gasteiger partial charge in [-0.2, -0.15) is 0 Å². The number of ether oxygens (including phenoxy) is 1. The molecule has 0 saturated carbocycles. The van der Waals surface area contributed by atoms with Gasteiger partial charge >= 0.3 is 0 Å². The van der Waals surface area contributed by atoms with Crippen LogP contribution >= 0.6 is 0 Å². The maximum Gasteiger partial charge on any atom is 0.221 e. The molecule has 0 radical (unpaired) electrons. The number of primary amides is 1. The Balaban J connectivity index is 2.62. The predicted molar refractivity (Wildman–Crippen MR) is 71.7 cm³/mol. The van der Waals surface area contributed by atoms with Gasteiger partial charge in [0.1, 0.15) is 5.75 Å². The summed E-state index contributed by atoms with van der Waals surface area (Å²) < 4.78 is 7.57. The zero-order chi connectivity index (χ0) is 13.3. The second-order valence-corrected chi connectivity index (χ2v) is 4.38. The third kappa shape index (κ3) is 2.06. The lowest BCUT2D eigenvalue weighted by atomic mass is 10.1. The molecule has 4 heteroatoms. The first-order valence-electron chi connectivity index (χ1n) is 6.03. The van der Waals surface area contributed by atoms with Crippen LogP contribution in [-0.4, -0.2) is 17.1 Å². The molecule has 96 valence electrons. The Labute approximate surface area is 106 Å². The van der Waals surface area contributed by atoms with Crippen LogP contribution in [0.5, 0.6) is 5.75 Å². The van der Waals surface area contributed by atoms with Crippen molar-refractivity contribution in [1.29, 1.82) is 0 Å². The molecule has 0 unspecified atom stereocenters. The standard InChI is InChI=1S/C14H18N2O2/c1-4-18-10-5-6-13-12(7-10)11(8-14(15)17)9(2)16(13)3/h5-7H,4,8H2,1-3H3,(H2,15,17). The highest BCUT2D eigenvalue weighted by molar-refractivity contribution is 5.91. The normalized spacial score (nSPS) is 10.8. The molecule has 2 rings (SSSR count).